The fourth-order valence-electron chi connectivity index (χ4n) is 1.95. The molecule has 100 valence electrons. The molecule has 0 spiro atoms. The molecule has 1 rings (SSSR count). The van der Waals surface area contributed by atoms with Gasteiger partial charge in [0.1, 0.15) is 0 Å². The van der Waals surface area contributed by atoms with Gasteiger partial charge in [-0.2, -0.15) is 0 Å². The summed E-state index contributed by atoms with van der Waals surface area (Å²) in [5.41, 5.74) is 0.136. The molecule has 0 aliphatic carbocycles. The van der Waals surface area contributed by atoms with Crippen molar-refractivity contribution in [3.63, 3.8) is 0 Å². The SMILES string of the molecule is CN(CCc1ccccc1[N+](=O)[O-])CC(C)(C)O. The number of nitro benzene ring substituents is 1. The lowest BCUT2D eigenvalue weighted by Crippen LogP contribution is -2.37. The van der Waals surface area contributed by atoms with Crippen LogP contribution in [0.5, 0.6) is 0 Å². The van der Waals surface area contributed by atoms with Gasteiger partial charge >= 0.3 is 0 Å². The lowest BCUT2D eigenvalue weighted by Gasteiger charge is -2.25. The van der Waals surface area contributed by atoms with Crippen LogP contribution in [0.3, 0.4) is 0 Å². The summed E-state index contributed by atoms with van der Waals surface area (Å²) in [7, 11) is 1.90. The van der Waals surface area contributed by atoms with Crippen LogP contribution in [0, 0.1) is 10.1 Å². The van der Waals surface area contributed by atoms with Crippen molar-refractivity contribution in [3.8, 4) is 0 Å². The monoisotopic (exact) mass is 252 g/mol. The topological polar surface area (TPSA) is 66.6 Å². The van der Waals surface area contributed by atoms with Crippen LogP contribution in [0.4, 0.5) is 5.69 Å². The number of hydrogen-bond donors (Lipinski definition) is 1. The fraction of sp³-hybridized carbons (Fsp3) is 0.538. The van der Waals surface area contributed by atoms with Gasteiger partial charge in [0.25, 0.3) is 5.69 Å². The van der Waals surface area contributed by atoms with Crippen LogP contribution < -0.4 is 0 Å². The molecule has 5 heteroatoms. The van der Waals surface area contributed by atoms with Crippen molar-refractivity contribution in [1.29, 1.82) is 0 Å². The van der Waals surface area contributed by atoms with Crippen LogP contribution in [0.25, 0.3) is 0 Å². The quantitative estimate of drug-likeness (QED) is 0.619. The zero-order chi connectivity index (χ0) is 13.8. The second-order valence-corrected chi connectivity index (χ2v) is 5.19. The van der Waals surface area contributed by atoms with Crippen LogP contribution in [0.15, 0.2) is 24.3 Å². The molecule has 0 aromatic heterocycles. The molecule has 0 aliphatic heterocycles. The van der Waals surface area contributed by atoms with Crippen LogP contribution in [0.1, 0.15) is 19.4 Å². The Hall–Kier alpha value is -1.46. The molecular formula is C13H20N2O3. The zero-order valence-corrected chi connectivity index (χ0v) is 11.1. The van der Waals surface area contributed by atoms with E-state index < -0.39 is 5.60 Å². The third-order valence-corrected chi connectivity index (χ3v) is 2.61. The van der Waals surface area contributed by atoms with E-state index in [4.69, 9.17) is 0 Å². The Morgan fingerprint density at radius 3 is 2.56 bits per heavy atom. The molecule has 0 radical (unpaired) electrons. The summed E-state index contributed by atoms with van der Waals surface area (Å²) in [5.74, 6) is 0. The molecule has 0 unspecified atom stereocenters. The van der Waals surface area contributed by atoms with Gasteiger partial charge in [0.15, 0.2) is 0 Å². The van der Waals surface area contributed by atoms with Gasteiger partial charge in [-0.15, -0.1) is 0 Å². The molecule has 0 heterocycles. The highest BCUT2D eigenvalue weighted by Crippen LogP contribution is 2.18. The van der Waals surface area contributed by atoms with Gasteiger partial charge in [0, 0.05) is 24.7 Å². The van der Waals surface area contributed by atoms with Crippen LogP contribution in [-0.4, -0.2) is 40.7 Å². The number of rotatable bonds is 6. The number of hydrogen-bond acceptors (Lipinski definition) is 4. The van der Waals surface area contributed by atoms with Crippen molar-refractivity contribution in [1.82, 2.24) is 4.90 Å². The Labute approximate surface area is 107 Å². The fourth-order valence-corrected chi connectivity index (χ4v) is 1.95. The Morgan fingerprint density at radius 1 is 1.39 bits per heavy atom. The van der Waals surface area contributed by atoms with E-state index >= 15 is 0 Å². The summed E-state index contributed by atoms with van der Waals surface area (Å²) in [6, 6.07) is 6.77. The molecule has 1 aromatic carbocycles. The number of likely N-dealkylation sites (N-methyl/N-ethyl adjacent to an activating group) is 1. The maximum Gasteiger partial charge on any atom is 0.272 e. The molecule has 5 nitrogen and oxygen atoms in total. The highest BCUT2D eigenvalue weighted by Gasteiger charge is 2.17. The minimum atomic E-state index is -0.753. The van der Waals surface area contributed by atoms with Crippen LogP contribution in [0.2, 0.25) is 0 Å². The summed E-state index contributed by atoms with van der Waals surface area (Å²) >= 11 is 0. The molecule has 0 bridgehead atoms. The summed E-state index contributed by atoms with van der Waals surface area (Å²) in [5, 5.41) is 20.5. The largest absolute Gasteiger partial charge is 0.389 e. The summed E-state index contributed by atoms with van der Waals surface area (Å²) < 4.78 is 0. The van der Waals surface area contributed by atoms with Gasteiger partial charge in [-0.1, -0.05) is 18.2 Å². The summed E-state index contributed by atoms with van der Waals surface area (Å²) in [6.45, 7) is 4.70. The maximum atomic E-state index is 10.8. The van der Waals surface area contributed by atoms with E-state index in [0.29, 0.717) is 19.5 Å². The van der Waals surface area contributed by atoms with Gasteiger partial charge < -0.3 is 10.0 Å². The molecule has 18 heavy (non-hydrogen) atoms. The molecule has 0 atom stereocenters. The van der Waals surface area contributed by atoms with Crippen LogP contribution in [-0.2, 0) is 6.42 Å². The molecule has 0 saturated carbocycles. The lowest BCUT2D eigenvalue weighted by atomic mass is 10.1. The van der Waals surface area contributed by atoms with Crippen molar-refractivity contribution < 1.29 is 10.0 Å². The molecule has 0 fully saturated rings. The predicted octanol–water partition coefficient (Wildman–Crippen LogP) is 1.84. The van der Waals surface area contributed by atoms with Gasteiger partial charge in [0.2, 0.25) is 0 Å². The second kappa shape index (κ2) is 5.93. The predicted molar refractivity (Wildman–Crippen MR) is 70.6 cm³/mol. The summed E-state index contributed by atoms with van der Waals surface area (Å²) in [6.07, 6.45) is 0.601. The normalized spacial score (nSPS) is 11.8. The first-order valence-electron chi connectivity index (χ1n) is 5.93. The molecule has 1 aromatic rings. The molecule has 0 aliphatic rings. The van der Waals surface area contributed by atoms with Crippen molar-refractivity contribution >= 4 is 5.69 Å². The van der Waals surface area contributed by atoms with E-state index in [-0.39, 0.29) is 10.6 Å². The average molecular weight is 252 g/mol. The first kappa shape index (κ1) is 14.6. The first-order valence-corrected chi connectivity index (χ1v) is 5.93. The highest BCUT2D eigenvalue weighted by atomic mass is 16.6. The Balaban J connectivity index is 2.61. The minimum absolute atomic E-state index is 0.161. The summed E-state index contributed by atoms with van der Waals surface area (Å²) in [4.78, 5) is 12.5. The number of nitrogens with zero attached hydrogens (tertiary/aromatic N) is 2. The van der Waals surface area contributed by atoms with Crippen molar-refractivity contribution in [2.75, 3.05) is 20.1 Å². The third kappa shape index (κ3) is 4.81. The van der Waals surface area contributed by atoms with E-state index in [9.17, 15) is 15.2 Å². The van der Waals surface area contributed by atoms with Crippen LogP contribution >= 0.6 is 0 Å². The number of nitro groups is 1. The number of para-hydroxylation sites is 1. The Kier molecular flexibility index (Phi) is 4.81. The molecule has 1 N–H and O–H groups in total. The highest BCUT2D eigenvalue weighted by molar-refractivity contribution is 5.39. The van der Waals surface area contributed by atoms with Crippen molar-refractivity contribution in [3.05, 3.63) is 39.9 Å². The molecule has 0 amide bonds. The Bertz CT molecular complexity index is 413. The van der Waals surface area contributed by atoms with E-state index in [1.54, 1.807) is 32.0 Å². The van der Waals surface area contributed by atoms with Gasteiger partial charge in [-0.3, -0.25) is 10.1 Å². The lowest BCUT2D eigenvalue weighted by molar-refractivity contribution is -0.385. The maximum absolute atomic E-state index is 10.8. The first-order chi connectivity index (χ1) is 8.29. The average Bonchev–Trinajstić information content (AvgIpc) is 2.24. The number of aliphatic hydroxyl groups is 1. The van der Waals surface area contributed by atoms with E-state index in [1.807, 2.05) is 11.9 Å². The van der Waals surface area contributed by atoms with Gasteiger partial charge in [-0.05, 0) is 27.3 Å². The van der Waals surface area contributed by atoms with Gasteiger partial charge in [0.05, 0.1) is 10.5 Å². The molecular weight excluding hydrogens is 232 g/mol. The second-order valence-electron chi connectivity index (χ2n) is 5.19. The number of benzene rings is 1. The minimum Gasteiger partial charge on any atom is -0.389 e. The van der Waals surface area contributed by atoms with E-state index in [2.05, 4.69) is 0 Å². The smallest absolute Gasteiger partial charge is 0.272 e. The van der Waals surface area contributed by atoms with E-state index in [0.717, 1.165) is 5.56 Å². The standard InChI is InChI=1S/C13H20N2O3/c1-13(2,16)10-14(3)9-8-11-6-4-5-7-12(11)15(17)18/h4-7,16H,8-10H2,1-3H3. The van der Waals surface area contributed by atoms with E-state index in [1.165, 1.54) is 6.07 Å². The van der Waals surface area contributed by atoms with Crippen molar-refractivity contribution in [2.24, 2.45) is 0 Å². The van der Waals surface area contributed by atoms with Gasteiger partial charge in [-0.25, -0.2) is 0 Å². The molecule has 0 saturated heterocycles. The third-order valence-electron chi connectivity index (χ3n) is 2.61. The van der Waals surface area contributed by atoms with Crippen molar-refractivity contribution in [2.45, 2.75) is 25.9 Å². The zero-order valence-electron chi connectivity index (χ0n) is 11.1. The Morgan fingerprint density at radius 2 is 2.00 bits per heavy atom.